The van der Waals surface area contributed by atoms with Gasteiger partial charge in [0.15, 0.2) is 0 Å². The van der Waals surface area contributed by atoms with Crippen molar-refractivity contribution in [3.63, 3.8) is 0 Å². The van der Waals surface area contributed by atoms with E-state index >= 15 is 0 Å². The van der Waals surface area contributed by atoms with E-state index in [2.05, 4.69) is 15.3 Å². The molecule has 0 aliphatic heterocycles. The highest BCUT2D eigenvalue weighted by Gasteiger charge is 2.43. The van der Waals surface area contributed by atoms with Gasteiger partial charge in [-0.15, -0.1) is 0 Å². The number of nitrogens with one attached hydrogen (secondary N) is 1. The molecule has 2 aromatic rings. The highest BCUT2D eigenvalue weighted by molar-refractivity contribution is 5.82. The second-order valence-electron chi connectivity index (χ2n) is 5.15. The van der Waals surface area contributed by atoms with Gasteiger partial charge in [0.2, 0.25) is 5.91 Å². The van der Waals surface area contributed by atoms with E-state index in [4.69, 9.17) is 5.73 Å². The Morgan fingerprint density at radius 1 is 1.38 bits per heavy atom. The van der Waals surface area contributed by atoms with Crippen LogP contribution < -0.4 is 11.1 Å². The van der Waals surface area contributed by atoms with Crippen molar-refractivity contribution in [2.75, 3.05) is 5.73 Å². The Balaban J connectivity index is 1.56. The van der Waals surface area contributed by atoms with E-state index in [0.29, 0.717) is 17.9 Å². The van der Waals surface area contributed by atoms with Crippen LogP contribution in [0.15, 0.2) is 36.8 Å². The number of hydrogen-bond acceptors (Lipinski definition) is 4. The zero-order chi connectivity index (χ0) is 14.8. The minimum Gasteiger partial charge on any atom is -0.383 e. The van der Waals surface area contributed by atoms with Crippen LogP contribution in [0.3, 0.4) is 0 Å². The van der Waals surface area contributed by atoms with Gasteiger partial charge < -0.3 is 11.1 Å². The molecule has 0 radical (unpaired) electrons. The Morgan fingerprint density at radius 3 is 2.86 bits per heavy atom. The zero-order valence-electron chi connectivity index (χ0n) is 11.3. The van der Waals surface area contributed by atoms with Crippen molar-refractivity contribution in [2.45, 2.75) is 18.9 Å². The minimum absolute atomic E-state index is 0.0208. The average molecular weight is 286 g/mol. The SMILES string of the molecule is Nc1ncncc1CNC(=O)[C@@H]1C[C@H]1c1ccc(F)cc1. The topological polar surface area (TPSA) is 80.9 Å². The van der Waals surface area contributed by atoms with E-state index in [1.54, 1.807) is 18.3 Å². The summed E-state index contributed by atoms with van der Waals surface area (Å²) >= 11 is 0. The molecule has 6 heteroatoms. The molecule has 2 atom stereocenters. The molecule has 1 aromatic heterocycles. The molecule has 0 spiro atoms. The van der Waals surface area contributed by atoms with Crippen molar-refractivity contribution in [3.05, 3.63) is 53.7 Å². The number of amides is 1. The smallest absolute Gasteiger partial charge is 0.224 e. The normalized spacial score (nSPS) is 20.0. The van der Waals surface area contributed by atoms with E-state index in [1.807, 2.05) is 0 Å². The van der Waals surface area contributed by atoms with Gasteiger partial charge in [0, 0.05) is 24.2 Å². The van der Waals surface area contributed by atoms with E-state index in [-0.39, 0.29) is 23.6 Å². The van der Waals surface area contributed by atoms with Crippen LogP contribution in [0.4, 0.5) is 10.2 Å². The molecule has 1 fully saturated rings. The third-order valence-corrected chi connectivity index (χ3v) is 3.70. The Bertz CT molecular complexity index is 659. The van der Waals surface area contributed by atoms with Crippen LogP contribution in [0.25, 0.3) is 0 Å². The second kappa shape index (κ2) is 5.47. The molecule has 1 aliphatic carbocycles. The summed E-state index contributed by atoms with van der Waals surface area (Å²) in [6.45, 7) is 0.318. The fourth-order valence-electron chi connectivity index (χ4n) is 2.38. The number of carbonyl (C=O) groups excluding carboxylic acids is 1. The maximum absolute atomic E-state index is 12.9. The van der Waals surface area contributed by atoms with Gasteiger partial charge in [0.25, 0.3) is 0 Å². The second-order valence-corrected chi connectivity index (χ2v) is 5.15. The van der Waals surface area contributed by atoms with E-state index < -0.39 is 0 Å². The minimum atomic E-state index is -0.264. The average Bonchev–Trinajstić information content (AvgIpc) is 3.27. The number of nitrogens with two attached hydrogens (primary N) is 1. The number of carbonyl (C=O) groups is 1. The third-order valence-electron chi connectivity index (χ3n) is 3.70. The maximum atomic E-state index is 12.9. The molecule has 1 aliphatic rings. The van der Waals surface area contributed by atoms with Crippen LogP contribution in [0.5, 0.6) is 0 Å². The highest BCUT2D eigenvalue weighted by Crippen LogP contribution is 2.47. The monoisotopic (exact) mass is 286 g/mol. The van der Waals surface area contributed by atoms with Crippen LogP contribution >= 0.6 is 0 Å². The van der Waals surface area contributed by atoms with Crippen LogP contribution in [-0.4, -0.2) is 15.9 Å². The Morgan fingerprint density at radius 2 is 2.14 bits per heavy atom. The molecule has 3 rings (SSSR count). The number of hydrogen-bond donors (Lipinski definition) is 2. The first-order valence-corrected chi connectivity index (χ1v) is 6.72. The molecule has 1 amide bonds. The van der Waals surface area contributed by atoms with Crippen LogP contribution in [0.1, 0.15) is 23.5 Å². The lowest BCUT2D eigenvalue weighted by Gasteiger charge is -2.06. The Kier molecular flexibility index (Phi) is 3.51. The summed E-state index contributed by atoms with van der Waals surface area (Å²) in [5.41, 5.74) is 7.39. The van der Waals surface area contributed by atoms with Crippen molar-refractivity contribution < 1.29 is 9.18 Å². The van der Waals surface area contributed by atoms with E-state index in [1.165, 1.54) is 18.5 Å². The predicted octanol–water partition coefficient (Wildman–Crippen LogP) is 1.62. The van der Waals surface area contributed by atoms with Crippen molar-refractivity contribution in [1.29, 1.82) is 0 Å². The molecule has 5 nitrogen and oxygen atoms in total. The number of rotatable bonds is 4. The zero-order valence-corrected chi connectivity index (χ0v) is 11.3. The molecule has 1 heterocycles. The van der Waals surface area contributed by atoms with Crippen molar-refractivity contribution in [2.24, 2.45) is 5.92 Å². The summed E-state index contributed by atoms with van der Waals surface area (Å²) in [7, 11) is 0. The molecule has 108 valence electrons. The van der Waals surface area contributed by atoms with Gasteiger partial charge in [0.1, 0.15) is 18.0 Å². The largest absolute Gasteiger partial charge is 0.383 e. The molecule has 3 N–H and O–H groups in total. The van der Waals surface area contributed by atoms with Gasteiger partial charge in [-0.2, -0.15) is 0 Å². The number of anilines is 1. The molecule has 0 bridgehead atoms. The molecule has 21 heavy (non-hydrogen) atoms. The number of halogens is 1. The van der Waals surface area contributed by atoms with Crippen LogP contribution in [0.2, 0.25) is 0 Å². The highest BCUT2D eigenvalue weighted by atomic mass is 19.1. The third kappa shape index (κ3) is 2.99. The summed E-state index contributed by atoms with van der Waals surface area (Å²) in [6.07, 6.45) is 3.75. The van der Waals surface area contributed by atoms with Crippen molar-refractivity contribution >= 4 is 11.7 Å². The van der Waals surface area contributed by atoms with Crippen molar-refractivity contribution in [1.82, 2.24) is 15.3 Å². The first-order chi connectivity index (χ1) is 10.1. The van der Waals surface area contributed by atoms with Crippen LogP contribution in [0, 0.1) is 11.7 Å². The first-order valence-electron chi connectivity index (χ1n) is 6.72. The number of aromatic nitrogens is 2. The summed E-state index contributed by atoms with van der Waals surface area (Å²) < 4.78 is 12.9. The summed E-state index contributed by atoms with van der Waals surface area (Å²) in [5.74, 6) is 0.208. The van der Waals surface area contributed by atoms with Gasteiger partial charge >= 0.3 is 0 Å². The number of benzene rings is 1. The standard InChI is InChI=1S/C15H15FN4O/c16-11-3-1-9(2-4-11)12-5-13(12)15(21)19-7-10-6-18-8-20-14(10)17/h1-4,6,8,12-13H,5,7H2,(H,19,21)(H2,17,18,20)/t12-,13+/m0/s1. The molecule has 1 aromatic carbocycles. The Hall–Kier alpha value is -2.50. The van der Waals surface area contributed by atoms with E-state index in [0.717, 1.165) is 12.0 Å². The van der Waals surface area contributed by atoms with E-state index in [9.17, 15) is 9.18 Å². The fraction of sp³-hybridized carbons (Fsp3) is 0.267. The maximum Gasteiger partial charge on any atom is 0.224 e. The van der Waals surface area contributed by atoms with Gasteiger partial charge in [0.05, 0.1) is 0 Å². The molecule has 0 unspecified atom stereocenters. The lowest BCUT2D eigenvalue weighted by Crippen LogP contribution is -2.25. The van der Waals surface area contributed by atoms with Crippen LogP contribution in [-0.2, 0) is 11.3 Å². The first kappa shape index (κ1) is 13.5. The summed E-state index contributed by atoms with van der Waals surface area (Å²) in [5, 5.41) is 2.84. The number of nitrogen functional groups attached to an aromatic ring is 1. The summed E-state index contributed by atoms with van der Waals surface area (Å²) in [6, 6.07) is 6.31. The fourth-order valence-corrected chi connectivity index (χ4v) is 2.38. The summed E-state index contributed by atoms with van der Waals surface area (Å²) in [4.78, 5) is 19.8. The van der Waals surface area contributed by atoms with Gasteiger partial charge in [-0.25, -0.2) is 14.4 Å². The molecular formula is C15H15FN4O. The van der Waals surface area contributed by atoms with Gasteiger partial charge in [-0.05, 0) is 30.0 Å². The molecule has 0 saturated heterocycles. The quantitative estimate of drug-likeness (QED) is 0.895. The van der Waals surface area contributed by atoms with Crippen molar-refractivity contribution in [3.8, 4) is 0 Å². The predicted molar refractivity (Wildman–Crippen MR) is 75.5 cm³/mol. The lowest BCUT2D eigenvalue weighted by molar-refractivity contribution is -0.122. The molecule has 1 saturated carbocycles. The Labute approximate surface area is 121 Å². The number of nitrogens with zero attached hydrogens (tertiary/aromatic N) is 2. The van der Waals surface area contributed by atoms with Gasteiger partial charge in [-0.3, -0.25) is 4.79 Å². The lowest BCUT2D eigenvalue weighted by atomic mass is 10.1. The van der Waals surface area contributed by atoms with Gasteiger partial charge in [-0.1, -0.05) is 12.1 Å². The molecular weight excluding hydrogens is 271 g/mol.